The fraction of sp³-hybridized carbons (Fsp3) is 0.474. The number of carbonyl (C=O) groups is 2. The van der Waals surface area contributed by atoms with Crippen molar-refractivity contribution in [2.75, 3.05) is 18.4 Å². The van der Waals surface area contributed by atoms with Crippen LogP contribution in [0.2, 0.25) is 0 Å². The summed E-state index contributed by atoms with van der Waals surface area (Å²) in [7, 11) is 0. The van der Waals surface area contributed by atoms with E-state index < -0.39 is 0 Å². The van der Waals surface area contributed by atoms with Crippen molar-refractivity contribution in [3.05, 3.63) is 42.0 Å². The lowest BCUT2D eigenvalue weighted by atomic mass is 9.93. The molecule has 1 unspecified atom stereocenters. The van der Waals surface area contributed by atoms with Gasteiger partial charge < -0.3 is 10.2 Å². The number of aryl methyl sites for hydroxylation is 1. The number of para-hydroxylation sites is 1. The Balaban J connectivity index is 1.98. The number of amides is 2. The summed E-state index contributed by atoms with van der Waals surface area (Å²) < 4.78 is 0. The van der Waals surface area contributed by atoms with Crippen LogP contribution >= 0.6 is 0 Å². The van der Waals surface area contributed by atoms with Gasteiger partial charge in [0.15, 0.2) is 0 Å². The average molecular weight is 314 g/mol. The van der Waals surface area contributed by atoms with Gasteiger partial charge in [-0.2, -0.15) is 0 Å². The molecule has 0 radical (unpaired) electrons. The van der Waals surface area contributed by atoms with E-state index in [4.69, 9.17) is 0 Å². The van der Waals surface area contributed by atoms with Crippen LogP contribution in [0.5, 0.6) is 0 Å². The van der Waals surface area contributed by atoms with Crippen LogP contribution in [0, 0.1) is 12.8 Å². The highest BCUT2D eigenvalue weighted by Crippen LogP contribution is 2.21. The smallest absolute Gasteiger partial charge is 0.244 e. The van der Waals surface area contributed by atoms with E-state index >= 15 is 0 Å². The van der Waals surface area contributed by atoms with Crippen molar-refractivity contribution in [3.8, 4) is 0 Å². The molecule has 2 rings (SSSR count). The third-order valence-corrected chi connectivity index (χ3v) is 4.18. The molecule has 0 bridgehead atoms. The minimum absolute atomic E-state index is 0.0258. The highest BCUT2D eigenvalue weighted by Gasteiger charge is 2.25. The summed E-state index contributed by atoms with van der Waals surface area (Å²) in [5.41, 5.74) is 1.83. The van der Waals surface area contributed by atoms with Crippen molar-refractivity contribution in [2.24, 2.45) is 5.92 Å². The normalized spacial score (nSPS) is 16.9. The second kappa shape index (κ2) is 8.51. The number of hydrogen-bond acceptors (Lipinski definition) is 2. The SMILES string of the molecule is CCCN(CC(=O)Nc1ccccc1C)C(=O)C1CC=CCC1. The number of nitrogens with zero attached hydrogens (tertiary/aromatic N) is 1. The molecule has 0 spiro atoms. The molecule has 1 aliphatic carbocycles. The summed E-state index contributed by atoms with van der Waals surface area (Å²) in [4.78, 5) is 26.7. The van der Waals surface area contributed by atoms with Crippen LogP contribution in [-0.2, 0) is 9.59 Å². The number of hydrogen-bond donors (Lipinski definition) is 1. The maximum absolute atomic E-state index is 12.7. The molecular formula is C19H26N2O2. The first-order chi connectivity index (χ1) is 11.1. The molecular weight excluding hydrogens is 288 g/mol. The zero-order chi connectivity index (χ0) is 16.7. The molecule has 124 valence electrons. The average Bonchev–Trinajstić information content (AvgIpc) is 2.57. The monoisotopic (exact) mass is 314 g/mol. The van der Waals surface area contributed by atoms with E-state index in [2.05, 4.69) is 17.5 Å². The molecule has 2 amide bonds. The van der Waals surface area contributed by atoms with Gasteiger partial charge in [-0.3, -0.25) is 9.59 Å². The van der Waals surface area contributed by atoms with Gasteiger partial charge in [-0.25, -0.2) is 0 Å². The molecule has 0 aliphatic heterocycles. The van der Waals surface area contributed by atoms with Crippen molar-refractivity contribution in [1.82, 2.24) is 4.90 Å². The molecule has 1 N–H and O–H groups in total. The second-order valence-electron chi connectivity index (χ2n) is 6.10. The van der Waals surface area contributed by atoms with Gasteiger partial charge in [0, 0.05) is 18.2 Å². The Morgan fingerprint density at radius 1 is 1.26 bits per heavy atom. The maximum atomic E-state index is 12.7. The Bertz CT molecular complexity index is 580. The highest BCUT2D eigenvalue weighted by molar-refractivity contribution is 5.95. The standard InChI is InChI=1S/C19H26N2O2/c1-3-13-21(19(23)16-10-5-4-6-11-16)14-18(22)20-17-12-8-7-9-15(17)2/h4-5,7-9,12,16H,3,6,10-11,13-14H2,1-2H3,(H,20,22). The third kappa shape index (κ3) is 4.95. The Hall–Kier alpha value is -2.10. The molecule has 0 heterocycles. The molecule has 4 heteroatoms. The van der Waals surface area contributed by atoms with Gasteiger partial charge in [0.05, 0.1) is 6.54 Å². The van der Waals surface area contributed by atoms with Crippen LogP contribution in [-0.4, -0.2) is 29.8 Å². The maximum Gasteiger partial charge on any atom is 0.244 e. The quantitative estimate of drug-likeness (QED) is 0.817. The van der Waals surface area contributed by atoms with E-state index in [9.17, 15) is 9.59 Å². The highest BCUT2D eigenvalue weighted by atomic mass is 16.2. The second-order valence-corrected chi connectivity index (χ2v) is 6.10. The van der Waals surface area contributed by atoms with E-state index in [1.807, 2.05) is 38.1 Å². The summed E-state index contributed by atoms with van der Waals surface area (Å²) in [6.45, 7) is 4.74. The zero-order valence-corrected chi connectivity index (χ0v) is 14.0. The number of carbonyl (C=O) groups excluding carboxylic acids is 2. The first-order valence-electron chi connectivity index (χ1n) is 8.41. The Morgan fingerprint density at radius 3 is 2.70 bits per heavy atom. The topological polar surface area (TPSA) is 49.4 Å². The molecule has 0 saturated heterocycles. The van der Waals surface area contributed by atoms with E-state index in [0.717, 1.165) is 36.9 Å². The molecule has 4 nitrogen and oxygen atoms in total. The Morgan fingerprint density at radius 2 is 2.04 bits per heavy atom. The van der Waals surface area contributed by atoms with Gasteiger partial charge in [-0.05, 0) is 44.2 Å². The van der Waals surface area contributed by atoms with Crippen molar-refractivity contribution in [2.45, 2.75) is 39.5 Å². The van der Waals surface area contributed by atoms with Gasteiger partial charge in [-0.15, -0.1) is 0 Å². The van der Waals surface area contributed by atoms with Crippen LogP contribution in [0.15, 0.2) is 36.4 Å². The van der Waals surface area contributed by atoms with E-state index in [-0.39, 0.29) is 24.3 Å². The van der Waals surface area contributed by atoms with Gasteiger partial charge in [0.2, 0.25) is 11.8 Å². The van der Waals surface area contributed by atoms with Crippen LogP contribution in [0.1, 0.15) is 38.2 Å². The first-order valence-corrected chi connectivity index (χ1v) is 8.41. The van der Waals surface area contributed by atoms with Crippen LogP contribution < -0.4 is 5.32 Å². The molecule has 1 atom stereocenters. The Labute approximate surface area is 138 Å². The fourth-order valence-electron chi connectivity index (χ4n) is 2.89. The number of anilines is 1. The number of nitrogens with one attached hydrogen (secondary N) is 1. The van der Waals surface area contributed by atoms with E-state index in [1.54, 1.807) is 4.90 Å². The number of benzene rings is 1. The summed E-state index contributed by atoms with van der Waals surface area (Å²) in [6.07, 6.45) is 7.67. The van der Waals surface area contributed by atoms with Crippen molar-refractivity contribution >= 4 is 17.5 Å². The summed E-state index contributed by atoms with van der Waals surface area (Å²) in [5.74, 6) is 0.00129. The first kappa shape index (κ1) is 17.3. The van der Waals surface area contributed by atoms with E-state index in [1.165, 1.54) is 0 Å². The minimum Gasteiger partial charge on any atom is -0.333 e. The minimum atomic E-state index is -0.132. The molecule has 23 heavy (non-hydrogen) atoms. The molecule has 1 aliphatic rings. The molecule has 1 aromatic rings. The van der Waals surface area contributed by atoms with Crippen molar-refractivity contribution in [1.29, 1.82) is 0 Å². The zero-order valence-electron chi connectivity index (χ0n) is 14.0. The molecule has 0 fully saturated rings. The van der Waals surface area contributed by atoms with Crippen molar-refractivity contribution in [3.63, 3.8) is 0 Å². The van der Waals surface area contributed by atoms with Gasteiger partial charge in [-0.1, -0.05) is 37.3 Å². The Kier molecular flexibility index (Phi) is 6.39. The lowest BCUT2D eigenvalue weighted by molar-refractivity contribution is -0.138. The molecule has 0 aromatic heterocycles. The number of allylic oxidation sites excluding steroid dienone is 2. The van der Waals surface area contributed by atoms with Crippen LogP contribution in [0.4, 0.5) is 5.69 Å². The van der Waals surface area contributed by atoms with Crippen molar-refractivity contribution < 1.29 is 9.59 Å². The predicted octanol–water partition coefficient (Wildman–Crippen LogP) is 3.53. The predicted molar refractivity (Wildman–Crippen MR) is 93.2 cm³/mol. The summed E-state index contributed by atoms with van der Waals surface area (Å²) in [6, 6.07) is 7.67. The van der Waals surface area contributed by atoms with Crippen LogP contribution in [0.3, 0.4) is 0 Å². The van der Waals surface area contributed by atoms with Gasteiger partial charge in [0.25, 0.3) is 0 Å². The number of rotatable bonds is 6. The van der Waals surface area contributed by atoms with Gasteiger partial charge >= 0.3 is 0 Å². The molecule has 1 aromatic carbocycles. The summed E-state index contributed by atoms with van der Waals surface area (Å²) in [5, 5.41) is 2.91. The fourth-order valence-corrected chi connectivity index (χ4v) is 2.89. The lowest BCUT2D eigenvalue weighted by Gasteiger charge is -2.27. The van der Waals surface area contributed by atoms with Gasteiger partial charge in [0.1, 0.15) is 0 Å². The largest absolute Gasteiger partial charge is 0.333 e. The van der Waals surface area contributed by atoms with Crippen LogP contribution in [0.25, 0.3) is 0 Å². The summed E-state index contributed by atoms with van der Waals surface area (Å²) >= 11 is 0. The molecule has 0 saturated carbocycles. The van der Waals surface area contributed by atoms with E-state index in [0.29, 0.717) is 6.54 Å². The lowest BCUT2D eigenvalue weighted by Crippen LogP contribution is -2.42. The third-order valence-electron chi connectivity index (χ3n) is 4.18.